The first kappa shape index (κ1) is 15.3. The molecule has 1 saturated heterocycles. The Morgan fingerprint density at radius 1 is 1.32 bits per heavy atom. The average Bonchev–Trinajstić information content (AvgIpc) is 3.10. The second-order valence-electron chi connectivity index (χ2n) is 6.46. The van der Waals surface area contributed by atoms with E-state index in [0.717, 1.165) is 18.5 Å². The number of aromatic nitrogens is 2. The molecule has 2 aromatic rings. The van der Waals surface area contributed by atoms with Crippen molar-refractivity contribution in [3.63, 3.8) is 0 Å². The minimum atomic E-state index is -0.434. The average molecular weight is 299 g/mol. The monoisotopic (exact) mass is 299 g/mol. The predicted molar refractivity (Wildman–Crippen MR) is 87.6 cm³/mol. The summed E-state index contributed by atoms with van der Waals surface area (Å²) in [6.07, 6.45) is 5.93. The smallest absolute Gasteiger partial charge is 0.0917 e. The zero-order valence-corrected chi connectivity index (χ0v) is 13.7. The maximum absolute atomic E-state index is 10.6. The number of aliphatic hydroxyl groups is 1. The van der Waals surface area contributed by atoms with E-state index in [-0.39, 0.29) is 0 Å². The maximum Gasteiger partial charge on any atom is 0.0917 e. The van der Waals surface area contributed by atoms with E-state index in [0.29, 0.717) is 12.6 Å². The van der Waals surface area contributed by atoms with Gasteiger partial charge in [-0.05, 0) is 49.9 Å². The zero-order chi connectivity index (χ0) is 15.7. The first-order chi connectivity index (χ1) is 10.5. The first-order valence-electron chi connectivity index (χ1n) is 8.02. The van der Waals surface area contributed by atoms with Crippen LogP contribution in [0.5, 0.6) is 0 Å². The van der Waals surface area contributed by atoms with Crippen molar-refractivity contribution in [2.24, 2.45) is 7.05 Å². The lowest BCUT2D eigenvalue weighted by atomic mass is 10.0. The van der Waals surface area contributed by atoms with E-state index >= 15 is 0 Å². The molecule has 2 atom stereocenters. The van der Waals surface area contributed by atoms with Gasteiger partial charge in [0.25, 0.3) is 0 Å². The third-order valence-corrected chi connectivity index (χ3v) is 4.80. The lowest BCUT2D eigenvalue weighted by molar-refractivity contribution is 0.106. The highest BCUT2D eigenvalue weighted by Crippen LogP contribution is 2.33. The van der Waals surface area contributed by atoms with Gasteiger partial charge in [0.2, 0.25) is 0 Å². The summed E-state index contributed by atoms with van der Waals surface area (Å²) < 4.78 is 1.85. The third kappa shape index (κ3) is 3.08. The summed E-state index contributed by atoms with van der Waals surface area (Å²) in [7, 11) is 1.95. The van der Waals surface area contributed by atoms with Crippen LogP contribution < -0.4 is 0 Å². The fourth-order valence-electron chi connectivity index (χ4n) is 3.33. The summed E-state index contributed by atoms with van der Waals surface area (Å²) in [5, 5.41) is 14.9. The van der Waals surface area contributed by atoms with Crippen LogP contribution in [-0.4, -0.2) is 32.9 Å². The number of hydrogen-bond acceptors (Lipinski definition) is 3. The van der Waals surface area contributed by atoms with E-state index in [1.54, 1.807) is 0 Å². The molecule has 1 aromatic carbocycles. The van der Waals surface area contributed by atoms with Gasteiger partial charge in [-0.2, -0.15) is 5.10 Å². The lowest BCUT2D eigenvalue weighted by Crippen LogP contribution is -2.28. The molecule has 0 amide bonds. The molecule has 22 heavy (non-hydrogen) atoms. The van der Waals surface area contributed by atoms with Crippen LogP contribution in [0.4, 0.5) is 0 Å². The number of aryl methyl sites for hydroxylation is 3. The van der Waals surface area contributed by atoms with Crippen LogP contribution in [0.3, 0.4) is 0 Å². The van der Waals surface area contributed by atoms with Crippen LogP contribution in [0.1, 0.15) is 47.2 Å². The molecule has 118 valence electrons. The highest BCUT2D eigenvalue weighted by atomic mass is 16.3. The molecule has 0 bridgehead atoms. The van der Waals surface area contributed by atoms with Crippen molar-refractivity contribution in [1.29, 1.82) is 0 Å². The number of likely N-dealkylation sites (tertiary alicyclic amines) is 1. The minimum Gasteiger partial charge on any atom is -0.387 e. The molecule has 0 saturated carbocycles. The number of aliphatic hydroxyl groups excluding tert-OH is 1. The van der Waals surface area contributed by atoms with E-state index in [2.05, 4.69) is 42.2 Å². The molecule has 0 radical (unpaired) electrons. The van der Waals surface area contributed by atoms with Crippen LogP contribution in [0.25, 0.3) is 0 Å². The molecule has 1 aromatic heterocycles. The standard InChI is InChI=1S/C18H25N3O/c1-13-6-7-15(9-14(13)2)18(22)12-21-8-4-5-17(21)16-10-19-20(3)11-16/h6-7,9-11,17-18,22H,4-5,8,12H2,1-3H3/t17-,18-/m1/s1. The van der Waals surface area contributed by atoms with Gasteiger partial charge in [0, 0.05) is 31.4 Å². The second-order valence-corrected chi connectivity index (χ2v) is 6.46. The molecule has 1 N–H and O–H groups in total. The fourth-order valence-corrected chi connectivity index (χ4v) is 3.33. The lowest BCUT2D eigenvalue weighted by Gasteiger charge is -2.26. The van der Waals surface area contributed by atoms with Gasteiger partial charge in [-0.15, -0.1) is 0 Å². The molecule has 1 aliphatic heterocycles. The quantitative estimate of drug-likeness (QED) is 0.944. The Labute approximate surface area is 132 Å². The summed E-state index contributed by atoms with van der Waals surface area (Å²) in [4.78, 5) is 2.39. The Bertz CT molecular complexity index is 650. The SMILES string of the molecule is Cc1ccc([C@H](O)CN2CCC[C@@H]2c2cnn(C)c2)cc1C. The molecule has 0 aliphatic carbocycles. The van der Waals surface area contributed by atoms with Crippen LogP contribution in [0.2, 0.25) is 0 Å². The van der Waals surface area contributed by atoms with Crippen molar-refractivity contribution in [2.45, 2.75) is 38.8 Å². The van der Waals surface area contributed by atoms with Crippen molar-refractivity contribution in [1.82, 2.24) is 14.7 Å². The summed E-state index contributed by atoms with van der Waals surface area (Å²) in [5.74, 6) is 0. The molecule has 3 rings (SSSR count). The number of hydrogen-bond donors (Lipinski definition) is 1. The van der Waals surface area contributed by atoms with Gasteiger partial charge in [0.1, 0.15) is 0 Å². The zero-order valence-electron chi connectivity index (χ0n) is 13.7. The van der Waals surface area contributed by atoms with Crippen molar-refractivity contribution in [2.75, 3.05) is 13.1 Å². The molecule has 1 fully saturated rings. The number of benzene rings is 1. The van der Waals surface area contributed by atoms with Crippen LogP contribution in [-0.2, 0) is 7.05 Å². The summed E-state index contributed by atoms with van der Waals surface area (Å²) in [5.41, 5.74) is 4.78. The van der Waals surface area contributed by atoms with Crippen molar-refractivity contribution < 1.29 is 5.11 Å². The summed E-state index contributed by atoms with van der Waals surface area (Å²) in [6, 6.07) is 6.63. The fraction of sp³-hybridized carbons (Fsp3) is 0.500. The maximum atomic E-state index is 10.6. The summed E-state index contributed by atoms with van der Waals surface area (Å²) >= 11 is 0. The van der Waals surface area contributed by atoms with E-state index in [9.17, 15) is 5.11 Å². The molecule has 4 nitrogen and oxygen atoms in total. The van der Waals surface area contributed by atoms with Gasteiger partial charge in [0.05, 0.1) is 12.3 Å². The van der Waals surface area contributed by atoms with Crippen LogP contribution in [0, 0.1) is 13.8 Å². The van der Waals surface area contributed by atoms with E-state index in [1.165, 1.54) is 23.1 Å². The van der Waals surface area contributed by atoms with Crippen molar-refractivity contribution in [3.05, 3.63) is 52.8 Å². The molecular weight excluding hydrogens is 274 g/mol. The van der Waals surface area contributed by atoms with Crippen LogP contribution in [0.15, 0.2) is 30.6 Å². The van der Waals surface area contributed by atoms with Gasteiger partial charge < -0.3 is 5.11 Å². The number of rotatable bonds is 4. The molecular formula is C18H25N3O. The Kier molecular flexibility index (Phi) is 4.32. The highest BCUT2D eigenvalue weighted by Gasteiger charge is 2.28. The van der Waals surface area contributed by atoms with Gasteiger partial charge in [-0.1, -0.05) is 18.2 Å². The minimum absolute atomic E-state index is 0.384. The molecule has 1 aliphatic rings. The highest BCUT2D eigenvalue weighted by molar-refractivity contribution is 5.31. The third-order valence-electron chi connectivity index (χ3n) is 4.80. The molecule has 0 unspecified atom stereocenters. The Hall–Kier alpha value is -1.65. The number of β-amino-alcohol motifs (C(OH)–C–C–N with tert-alkyl or cyclic N) is 1. The normalized spacial score (nSPS) is 20.5. The molecule has 2 heterocycles. The largest absolute Gasteiger partial charge is 0.387 e. The van der Waals surface area contributed by atoms with Crippen molar-refractivity contribution >= 4 is 0 Å². The Morgan fingerprint density at radius 3 is 2.82 bits per heavy atom. The first-order valence-corrected chi connectivity index (χ1v) is 8.02. The molecule has 4 heteroatoms. The van der Waals surface area contributed by atoms with Gasteiger partial charge >= 0.3 is 0 Å². The topological polar surface area (TPSA) is 41.3 Å². The van der Waals surface area contributed by atoms with E-state index < -0.39 is 6.10 Å². The van der Waals surface area contributed by atoms with Crippen LogP contribution >= 0.6 is 0 Å². The Balaban J connectivity index is 1.72. The van der Waals surface area contributed by atoms with Gasteiger partial charge in [-0.3, -0.25) is 9.58 Å². The van der Waals surface area contributed by atoms with Gasteiger partial charge in [-0.25, -0.2) is 0 Å². The number of nitrogens with zero attached hydrogens (tertiary/aromatic N) is 3. The van der Waals surface area contributed by atoms with E-state index in [4.69, 9.17) is 0 Å². The Morgan fingerprint density at radius 2 is 2.14 bits per heavy atom. The summed E-state index contributed by atoms with van der Waals surface area (Å²) in [6.45, 7) is 5.92. The van der Waals surface area contributed by atoms with Gasteiger partial charge in [0.15, 0.2) is 0 Å². The van der Waals surface area contributed by atoms with E-state index in [1.807, 2.05) is 24.0 Å². The second kappa shape index (κ2) is 6.23. The van der Waals surface area contributed by atoms with Crippen molar-refractivity contribution in [3.8, 4) is 0 Å². The predicted octanol–water partition coefficient (Wildman–Crippen LogP) is 2.91. The molecule has 0 spiro atoms.